The Morgan fingerprint density at radius 3 is 2.37 bits per heavy atom. The quantitative estimate of drug-likeness (QED) is 0.371. The van der Waals surface area contributed by atoms with Crippen molar-refractivity contribution < 1.29 is 9.90 Å². The van der Waals surface area contributed by atoms with E-state index in [2.05, 4.69) is 4.98 Å². The monoisotopic (exact) mass is 400 g/mol. The second kappa shape index (κ2) is 9.44. The predicted octanol–water partition coefficient (Wildman–Crippen LogP) is 6.92. The zero-order chi connectivity index (χ0) is 20.0. The smallest absolute Gasteiger partial charge is 0.335 e. The topological polar surface area (TPSA) is 63.1 Å². The van der Waals surface area contributed by atoms with Gasteiger partial charge in [0.05, 0.1) is 26.0 Å². The highest BCUT2D eigenvalue weighted by Crippen LogP contribution is 2.36. The normalized spacial score (nSPS) is 9.96. The summed E-state index contributed by atoms with van der Waals surface area (Å²) < 4.78 is 0.684. The predicted molar refractivity (Wildman–Crippen MR) is 115 cm³/mol. The van der Waals surface area contributed by atoms with Crippen LogP contribution >= 0.6 is 22.9 Å². The molecule has 0 aliphatic rings. The van der Waals surface area contributed by atoms with Crippen LogP contribution in [-0.4, -0.2) is 21.0 Å². The average molecular weight is 401 g/mol. The molecule has 0 radical (unpaired) electrons. The maximum absolute atomic E-state index is 11.2. The van der Waals surface area contributed by atoms with Crippen LogP contribution in [-0.2, 0) is 0 Å². The third-order valence-corrected chi connectivity index (χ3v) is 4.89. The minimum atomic E-state index is -0.972. The maximum Gasteiger partial charge on any atom is 0.335 e. The molecule has 4 rings (SSSR count). The van der Waals surface area contributed by atoms with Crippen molar-refractivity contribution in [3.63, 3.8) is 0 Å². The molecule has 4 nitrogen and oxygen atoms in total. The molecule has 27 heavy (non-hydrogen) atoms. The minimum Gasteiger partial charge on any atom is -0.478 e. The van der Waals surface area contributed by atoms with Crippen LogP contribution in [0.15, 0.2) is 48.8 Å². The molecule has 0 bridgehead atoms. The fourth-order valence-corrected chi connectivity index (χ4v) is 3.66. The van der Waals surface area contributed by atoms with Crippen molar-refractivity contribution in [2.24, 2.45) is 0 Å². The average Bonchev–Trinajstić information content (AvgIpc) is 3.16. The van der Waals surface area contributed by atoms with Crippen LogP contribution in [0.5, 0.6) is 0 Å². The second-order valence-corrected chi connectivity index (χ2v) is 6.74. The molecular formula is C21H21ClN2O2S. The molecule has 4 aromatic rings. The molecule has 0 aliphatic carbocycles. The van der Waals surface area contributed by atoms with Crippen LogP contribution in [0.25, 0.3) is 32.2 Å². The zero-order valence-corrected chi connectivity index (χ0v) is 17.2. The number of rotatable bonds is 2. The number of nitrogens with zero attached hydrogens (tertiary/aromatic N) is 2. The number of hydrogen-bond acceptors (Lipinski definition) is 4. The van der Waals surface area contributed by atoms with E-state index in [0.29, 0.717) is 9.85 Å². The summed E-state index contributed by atoms with van der Waals surface area (Å²) in [4.78, 5) is 21.0. The summed E-state index contributed by atoms with van der Waals surface area (Å²) in [5.74, 6) is -0.972. The highest BCUT2D eigenvalue weighted by molar-refractivity contribution is 7.19. The fraction of sp³-hybridized carbons (Fsp3) is 0.190. The largest absolute Gasteiger partial charge is 0.478 e. The Hall–Kier alpha value is -2.50. The van der Waals surface area contributed by atoms with E-state index in [4.69, 9.17) is 16.6 Å². The molecule has 140 valence electrons. The number of halogens is 1. The summed E-state index contributed by atoms with van der Waals surface area (Å²) in [6.45, 7) is 8.00. The number of aromatic nitrogens is 2. The number of carboxylic acids is 1. The summed E-state index contributed by atoms with van der Waals surface area (Å²) in [5.41, 5.74) is 1.63. The summed E-state index contributed by atoms with van der Waals surface area (Å²) in [6.07, 6.45) is 3.50. The number of hydrogen-bond donors (Lipinski definition) is 1. The first-order valence-corrected chi connectivity index (χ1v) is 9.99. The van der Waals surface area contributed by atoms with Crippen LogP contribution in [0.2, 0.25) is 4.34 Å². The molecule has 6 heteroatoms. The first-order valence-electron chi connectivity index (χ1n) is 8.80. The Labute approximate surface area is 167 Å². The summed E-state index contributed by atoms with van der Waals surface area (Å²) >= 11 is 7.49. The van der Waals surface area contributed by atoms with Gasteiger partial charge in [0, 0.05) is 28.6 Å². The summed E-state index contributed by atoms with van der Waals surface area (Å²) in [6, 6.07) is 10.6. The molecule has 0 saturated carbocycles. The van der Waals surface area contributed by atoms with Gasteiger partial charge in [0.2, 0.25) is 0 Å². The first kappa shape index (κ1) is 20.8. The van der Waals surface area contributed by atoms with Gasteiger partial charge in [-0.3, -0.25) is 4.98 Å². The van der Waals surface area contributed by atoms with E-state index in [9.17, 15) is 9.90 Å². The van der Waals surface area contributed by atoms with Crippen molar-refractivity contribution in [1.82, 2.24) is 9.97 Å². The number of aromatic carboxylic acids is 1. The van der Waals surface area contributed by atoms with E-state index < -0.39 is 5.97 Å². The summed E-state index contributed by atoms with van der Waals surface area (Å²) in [7, 11) is 0. The standard InChI is InChI=1S/C17H9ClN2O2S.2C2H6/c18-15-4-3-14(23-15)16-11-5-6-19-8-12(11)10-2-1-9(17(21)22)7-13(10)20-16;2*1-2/h1-8H,(H,21,22);2*1-2H3. The Kier molecular flexibility index (Phi) is 7.28. The SMILES string of the molecule is CC.CC.O=C(O)c1ccc2c(c1)nc(-c1ccc(Cl)s1)c1ccncc12. The third-order valence-electron chi connectivity index (χ3n) is 3.65. The van der Waals surface area contributed by atoms with Crippen molar-refractivity contribution in [3.05, 3.63) is 58.7 Å². The van der Waals surface area contributed by atoms with Gasteiger partial charge >= 0.3 is 5.97 Å². The number of fused-ring (bicyclic) bond motifs is 3. The lowest BCUT2D eigenvalue weighted by molar-refractivity contribution is 0.0697. The van der Waals surface area contributed by atoms with Crippen molar-refractivity contribution in [2.45, 2.75) is 27.7 Å². The Morgan fingerprint density at radius 1 is 1.00 bits per heavy atom. The van der Waals surface area contributed by atoms with E-state index in [-0.39, 0.29) is 5.56 Å². The van der Waals surface area contributed by atoms with Crippen LogP contribution < -0.4 is 0 Å². The number of carboxylic acid groups (broad SMARTS) is 1. The molecule has 0 amide bonds. The molecule has 1 aromatic carbocycles. The maximum atomic E-state index is 11.2. The molecule has 0 atom stereocenters. The minimum absolute atomic E-state index is 0.211. The molecular weight excluding hydrogens is 380 g/mol. The molecule has 0 fully saturated rings. The molecule has 0 aliphatic heterocycles. The highest BCUT2D eigenvalue weighted by Gasteiger charge is 2.13. The second-order valence-electron chi connectivity index (χ2n) is 5.02. The molecule has 1 N–H and O–H groups in total. The van der Waals surface area contributed by atoms with Crippen molar-refractivity contribution >= 4 is 50.6 Å². The Balaban J connectivity index is 0.000000614. The van der Waals surface area contributed by atoms with Crippen LogP contribution in [0.3, 0.4) is 0 Å². The van der Waals surface area contributed by atoms with Crippen molar-refractivity contribution in [2.75, 3.05) is 0 Å². The molecule has 0 spiro atoms. The highest BCUT2D eigenvalue weighted by atomic mass is 35.5. The lowest BCUT2D eigenvalue weighted by Gasteiger charge is -2.08. The van der Waals surface area contributed by atoms with Gasteiger partial charge in [-0.2, -0.15) is 0 Å². The van der Waals surface area contributed by atoms with E-state index in [1.54, 1.807) is 30.6 Å². The van der Waals surface area contributed by atoms with Crippen molar-refractivity contribution in [1.29, 1.82) is 0 Å². The lowest BCUT2D eigenvalue weighted by Crippen LogP contribution is -1.97. The van der Waals surface area contributed by atoms with Crippen LogP contribution in [0.4, 0.5) is 0 Å². The molecule has 3 heterocycles. The Bertz CT molecular complexity index is 1080. The molecule has 0 saturated heterocycles. The van der Waals surface area contributed by atoms with Gasteiger partial charge in [-0.05, 0) is 30.3 Å². The number of pyridine rings is 2. The molecule has 0 unspecified atom stereocenters. The number of carbonyl (C=O) groups is 1. The van der Waals surface area contributed by atoms with Gasteiger partial charge < -0.3 is 5.11 Å². The van der Waals surface area contributed by atoms with E-state index in [0.717, 1.165) is 26.7 Å². The van der Waals surface area contributed by atoms with Gasteiger partial charge in [-0.1, -0.05) is 45.4 Å². The fourth-order valence-electron chi connectivity index (χ4n) is 2.61. The van der Waals surface area contributed by atoms with Gasteiger partial charge in [-0.25, -0.2) is 9.78 Å². The third kappa shape index (κ3) is 4.26. The Morgan fingerprint density at radius 2 is 1.74 bits per heavy atom. The van der Waals surface area contributed by atoms with E-state index >= 15 is 0 Å². The molecule has 3 aromatic heterocycles. The van der Waals surface area contributed by atoms with Gasteiger partial charge in [-0.15, -0.1) is 11.3 Å². The number of thiophene rings is 1. The first-order chi connectivity index (χ1) is 13.1. The zero-order valence-electron chi connectivity index (χ0n) is 15.7. The number of benzene rings is 1. The van der Waals surface area contributed by atoms with Crippen LogP contribution in [0.1, 0.15) is 38.1 Å². The van der Waals surface area contributed by atoms with E-state index in [1.807, 2.05) is 45.9 Å². The van der Waals surface area contributed by atoms with Gasteiger partial charge in [0.15, 0.2) is 0 Å². The van der Waals surface area contributed by atoms with Gasteiger partial charge in [0.25, 0.3) is 0 Å². The van der Waals surface area contributed by atoms with Gasteiger partial charge in [0.1, 0.15) is 0 Å². The van der Waals surface area contributed by atoms with E-state index in [1.165, 1.54) is 11.3 Å². The summed E-state index contributed by atoms with van der Waals surface area (Å²) in [5, 5.41) is 12.0. The van der Waals surface area contributed by atoms with Crippen LogP contribution in [0, 0.1) is 0 Å². The van der Waals surface area contributed by atoms with Crippen molar-refractivity contribution in [3.8, 4) is 10.6 Å². The lowest BCUT2D eigenvalue weighted by atomic mass is 10.0.